The molecule has 5 heteroatoms. The Bertz CT molecular complexity index is 120. The second-order valence-electron chi connectivity index (χ2n) is 3.25. The zero-order valence-electron chi connectivity index (χ0n) is 9.14. The second kappa shape index (κ2) is 8.14. The zero-order valence-corrected chi connectivity index (χ0v) is 9.14. The predicted molar refractivity (Wildman–Crippen MR) is 53.3 cm³/mol. The van der Waals surface area contributed by atoms with E-state index < -0.39 is 0 Å². The molecule has 0 saturated carbocycles. The molecule has 14 heavy (non-hydrogen) atoms. The quantitative estimate of drug-likeness (QED) is 0.531. The number of hydrogen-bond donors (Lipinski definition) is 2. The lowest BCUT2D eigenvalue weighted by Crippen LogP contribution is -2.48. The molecule has 5 nitrogen and oxygen atoms in total. The molecular formula is C9H21NO4. The number of ether oxygens (including phenoxy) is 2. The Morgan fingerprint density at radius 2 is 1.36 bits per heavy atom. The molecule has 0 aromatic rings. The summed E-state index contributed by atoms with van der Waals surface area (Å²) in [7, 11) is 5.00. The van der Waals surface area contributed by atoms with Crippen LogP contribution in [0.4, 0.5) is 0 Å². The largest absolute Gasteiger partial charge is 0.395 e. The van der Waals surface area contributed by atoms with E-state index in [2.05, 4.69) is 0 Å². The molecule has 0 saturated heterocycles. The van der Waals surface area contributed by atoms with Crippen LogP contribution in [0, 0.1) is 0 Å². The molecular weight excluding hydrogens is 186 g/mol. The van der Waals surface area contributed by atoms with E-state index in [4.69, 9.17) is 19.7 Å². The minimum absolute atomic E-state index is 0.00452. The third-order valence-corrected chi connectivity index (χ3v) is 2.29. The van der Waals surface area contributed by atoms with Gasteiger partial charge in [0.05, 0.1) is 38.5 Å². The van der Waals surface area contributed by atoms with Gasteiger partial charge in [-0.25, -0.2) is 0 Å². The van der Waals surface area contributed by atoms with Crippen LogP contribution in [-0.2, 0) is 9.47 Å². The van der Waals surface area contributed by atoms with E-state index in [1.54, 1.807) is 14.2 Å². The van der Waals surface area contributed by atoms with Gasteiger partial charge < -0.3 is 19.7 Å². The van der Waals surface area contributed by atoms with Crippen molar-refractivity contribution < 1.29 is 19.7 Å². The van der Waals surface area contributed by atoms with Gasteiger partial charge in [-0.3, -0.25) is 4.90 Å². The van der Waals surface area contributed by atoms with Crippen molar-refractivity contribution in [1.29, 1.82) is 0 Å². The topological polar surface area (TPSA) is 62.2 Å². The highest BCUT2D eigenvalue weighted by atomic mass is 16.5. The van der Waals surface area contributed by atoms with Crippen molar-refractivity contribution >= 4 is 0 Å². The molecule has 0 amide bonds. The maximum Gasteiger partial charge on any atom is 0.0640 e. The molecule has 86 valence electrons. The maximum atomic E-state index is 9.10. The Labute approximate surface area is 85.2 Å². The van der Waals surface area contributed by atoms with Crippen LogP contribution in [0.3, 0.4) is 0 Å². The van der Waals surface area contributed by atoms with Gasteiger partial charge in [-0.15, -0.1) is 0 Å². The van der Waals surface area contributed by atoms with Crippen molar-refractivity contribution in [1.82, 2.24) is 4.90 Å². The third-order valence-electron chi connectivity index (χ3n) is 2.29. The first-order valence-electron chi connectivity index (χ1n) is 4.62. The number of nitrogens with zero attached hydrogens (tertiary/aromatic N) is 1. The maximum absolute atomic E-state index is 9.10. The molecule has 2 N–H and O–H groups in total. The molecule has 0 spiro atoms. The van der Waals surface area contributed by atoms with Crippen molar-refractivity contribution in [3.63, 3.8) is 0 Å². The third kappa shape index (κ3) is 4.34. The highest BCUT2D eigenvalue weighted by Crippen LogP contribution is 2.03. The summed E-state index contributed by atoms with van der Waals surface area (Å²) in [5.41, 5.74) is 0. The van der Waals surface area contributed by atoms with Gasteiger partial charge in [0.2, 0.25) is 0 Å². The van der Waals surface area contributed by atoms with Crippen LogP contribution in [0.1, 0.15) is 0 Å². The van der Waals surface area contributed by atoms with Crippen molar-refractivity contribution in [2.24, 2.45) is 0 Å². The molecule has 0 aliphatic carbocycles. The highest BCUT2D eigenvalue weighted by Gasteiger charge is 2.21. The molecule has 0 heterocycles. The predicted octanol–water partition coefficient (Wildman–Crippen LogP) is -1.07. The molecule has 0 aromatic heterocycles. The van der Waals surface area contributed by atoms with E-state index >= 15 is 0 Å². The van der Waals surface area contributed by atoms with Crippen LogP contribution in [0.2, 0.25) is 0 Å². The molecule has 0 bridgehead atoms. The Kier molecular flexibility index (Phi) is 8.02. The molecule has 0 fully saturated rings. The van der Waals surface area contributed by atoms with Crippen molar-refractivity contribution in [3.8, 4) is 0 Å². The number of methoxy groups -OCH3 is 2. The summed E-state index contributed by atoms with van der Waals surface area (Å²) in [4.78, 5) is 1.87. The van der Waals surface area contributed by atoms with Gasteiger partial charge in [-0.1, -0.05) is 0 Å². The summed E-state index contributed by atoms with van der Waals surface area (Å²) in [5.74, 6) is 0. The Morgan fingerprint density at radius 3 is 1.57 bits per heavy atom. The van der Waals surface area contributed by atoms with E-state index in [0.717, 1.165) is 0 Å². The minimum Gasteiger partial charge on any atom is -0.395 e. The minimum atomic E-state index is -0.104. The van der Waals surface area contributed by atoms with Crippen molar-refractivity contribution in [2.75, 3.05) is 47.7 Å². The van der Waals surface area contributed by atoms with Crippen LogP contribution in [0.5, 0.6) is 0 Å². The first-order chi connectivity index (χ1) is 6.71. The Balaban J connectivity index is 4.13. The molecule has 0 radical (unpaired) electrons. The molecule has 0 aromatic carbocycles. The summed E-state index contributed by atoms with van der Waals surface area (Å²) in [6, 6.07) is -0.209. The first kappa shape index (κ1) is 13.8. The Morgan fingerprint density at radius 1 is 1.00 bits per heavy atom. The van der Waals surface area contributed by atoms with Gasteiger partial charge >= 0.3 is 0 Å². The normalized spacial score (nSPS) is 15.9. The average Bonchev–Trinajstić information content (AvgIpc) is 2.21. The molecule has 0 aliphatic rings. The number of aliphatic hydroxyl groups is 2. The summed E-state index contributed by atoms with van der Waals surface area (Å²) in [5, 5.41) is 18.2. The van der Waals surface area contributed by atoms with Gasteiger partial charge in [0.25, 0.3) is 0 Å². The van der Waals surface area contributed by atoms with Gasteiger partial charge in [-0.2, -0.15) is 0 Å². The monoisotopic (exact) mass is 207 g/mol. The fourth-order valence-electron chi connectivity index (χ4n) is 1.28. The smallest absolute Gasteiger partial charge is 0.0640 e. The standard InChI is InChI=1S/C9H21NO4/c1-10(8(4-11)6-13-2)9(5-12)7-14-3/h8-9,11-12H,4-7H2,1-3H3. The molecule has 2 unspecified atom stereocenters. The fraction of sp³-hybridized carbons (Fsp3) is 1.00. The number of hydrogen-bond acceptors (Lipinski definition) is 5. The molecule has 2 atom stereocenters. The summed E-state index contributed by atoms with van der Waals surface area (Å²) < 4.78 is 9.93. The van der Waals surface area contributed by atoms with Crippen LogP contribution in [-0.4, -0.2) is 74.9 Å². The van der Waals surface area contributed by atoms with Gasteiger partial charge in [0.1, 0.15) is 0 Å². The Hall–Kier alpha value is -0.200. The number of rotatable bonds is 8. The van der Waals surface area contributed by atoms with Gasteiger partial charge in [0, 0.05) is 14.2 Å². The van der Waals surface area contributed by atoms with Crippen LogP contribution < -0.4 is 0 Å². The lowest BCUT2D eigenvalue weighted by atomic mass is 10.2. The fourth-order valence-corrected chi connectivity index (χ4v) is 1.28. The zero-order chi connectivity index (χ0) is 11.0. The summed E-state index contributed by atoms with van der Waals surface area (Å²) >= 11 is 0. The first-order valence-corrected chi connectivity index (χ1v) is 4.62. The van der Waals surface area contributed by atoms with E-state index in [0.29, 0.717) is 13.2 Å². The average molecular weight is 207 g/mol. The van der Waals surface area contributed by atoms with Crippen LogP contribution in [0.15, 0.2) is 0 Å². The van der Waals surface area contributed by atoms with Crippen molar-refractivity contribution in [2.45, 2.75) is 12.1 Å². The summed E-state index contributed by atoms with van der Waals surface area (Å²) in [6.45, 7) is 0.884. The molecule has 0 rings (SSSR count). The van der Waals surface area contributed by atoms with E-state index in [-0.39, 0.29) is 25.3 Å². The van der Waals surface area contributed by atoms with Gasteiger partial charge in [-0.05, 0) is 7.05 Å². The SMILES string of the molecule is COCC(CO)N(C)C(CO)COC. The lowest BCUT2D eigenvalue weighted by molar-refractivity contribution is 0.0000326. The van der Waals surface area contributed by atoms with Crippen LogP contribution in [0.25, 0.3) is 0 Å². The van der Waals surface area contributed by atoms with Crippen LogP contribution >= 0.6 is 0 Å². The number of likely N-dealkylation sites (N-methyl/N-ethyl adjacent to an activating group) is 1. The molecule has 0 aliphatic heterocycles. The second-order valence-corrected chi connectivity index (χ2v) is 3.25. The summed E-state index contributed by atoms with van der Waals surface area (Å²) in [6.07, 6.45) is 0. The van der Waals surface area contributed by atoms with Crippen molar-refractivity contribution in [3.05, 3.63) is 0 Å². The van der Waals surface area contributed by atoms with Gasteiger partial charge in [0.15, 0.2) is 0 Å². The lowest BCUT2D eigenvalue weighted by Gasteiger charge is -2.32. The van der Waals surface area contributed by atoms with E-state index in [9.17, 15) is 0 Å². The van der Waals surface area contributed by atoms with E-state index in [1.807, 2.05) is 11.9 Å². The highest BCUT2D eigenvalue weighted by molar-refractivity contribution is 4.75. The number of aliphatic hydroxyl groups excluding tert-OH is 2. The van der Waals surface area contributed by atoms with E-state index in [1.165, 1.54) is 0 Å².